The second kappa shape index (κ2) is 13.4. The highest BCUT2D eigenvalue weighted by Gasteiger charge is 2.38. The number of rotatable bonds is 8. The number of carboxylic acids is 1. The number of carbonyl (C=O) groups is 2. The van der Waals surface area contributed by atoms with Crippen LogP contribution in [0.25, 0.3) is 0 Å². The van der Waals surface area contributed by atoms with Crippen LogP contribution in [0.5, 0.6) is 0 Å². The maximum atomic E-state index is 12.2. The van der Waals surface area contributed by atoms with E-state index in [1.807, 2.05) is 24.9 Å². The lowest BCUT2D eigenvalue weighted by Gasteiger charge is -2.27. The van der Waals surface area contributed by atoms with Crippen LogP contribution in [0.1, 0.15) is 43.1 Å². The zero-order valence-corrected chi connectivity index (χ0v) is 22.7. The Morgan fingerprint density at radius 3 is 2.36 bits per heavy atom. The van der Waals surface area contributed by atoms with Crippen LogP contribution in [0.3, 0.4) is 0 Å². The topological polar surface area (TPSA) is 154 Å². The van der Waals surface area contributed by atoms with E-state index in [1.165, 1.54) is 7.11 Å². The Labute approximate surface area is 224 Å². The highest BCUT2D eigenvalue weighted by atomic mass is 19.4. The van der Waals surface area contributed by atoms with Crippen LogP contribution in [0.2, 0.25) is 0 Å². The third kappa shape index (κ3) is 10.5. The van der Waals surface area contributed by atoms with Crippen molar-refractivity contribution in [2.75, 3.05) is 49.3 Å². The van der Waals surface area contributed by atoms with Crippen LogP contribution in [0.15, 0.2) is 18.2 Å². The summed E-state index contributed by atoms with van der Waals surface area (Å²) >= 11 is 0. The summed E-state index contributed by atoms with van der Waals surface area (Å²) in [5.74, 6) is -1.56. The van der Waals surface area contributed by atoms with Crippen molar-refractivity contribution in [1.29, 1.82) is 0 Å². The predicted molar refractivity (Wildman–Crippen MR) is 140 cm³/mol. The van der Waals surface area contributed by atoms with Crippen LogP contribution in [-0.4, -0.2) is 77.9 Å². The molecule has 1 amide bonds. The number of nitrogens with zero attached hydrogens (tertiary/aromatic N) is 4. The molecule has 39 heavy (non-hydrogen) atoms. The van der Waals surface area contributed by atoms with Gasteiger partial charge in [0.05, 0.1) is 7.11 Å². The second-order valence-corrected chi connectivity index (χ2v) is 10.1. The monoisotopic (exact) mass is 556 g/mol. The quantitative estimate of drug-likeness (QED) is 0.305. The first-order valence-corrected chi connectivity index (χ1v) is 12.0. The average molecular weight is 557 g/mol. The molecule has 0 aliphatic carbocycles. The number of hydrogen-bond donors (Lipinski definition) is 5. The van der Waals surface area contributed by atoms with Crippen molar-refractivity contribution >= 4 is 35.4 Å². The highest BCUT2D eigenvalue weighted by molar-refractivity contribution is 5.94. The van der Waals surface area contributed by atoms with Crippen molar-refractivity contribution in [3.8, 4) is 0 Å². The fourth-order valence-electron chi connectivity index (χ4n) is 3.57. The average Bonchev–Trinajstić information content (AvgIpc) is 3.32. The van der Waals surface area contributed by atoms with E-state index in [0.717, 1.165) is 37.3 Å². The molecule has 1 atom stereocenters. The van der Waals surface area contributed by atoms with Crippen LogP contribution < -0.4 is 26.3 Å². The molecular formula is C24H35F3N8O4. The number of anilines is 4. The summed E-state index contributed by atoms with van der Waals surface area (Å²) in [6, 6.07) is 5.63. The Hall–Kier alpha value is -3.72. The minimum Gasteiger partial charge on any atom is -0.475 e. The number of aryl methyl sites for hydroxylation is 1. The largest absolute Gasteiger partial charge is 0.490 e. The Morgan fingerprint density at radius 1 is 1.18 bits per heavy atom. The van der Waals surface area contributed by atoms with Crippen molar-refractivity contribution in [2.45, 2.75) is 46.3 Å². The summed E-state index contributed by atoms with van der Waals surface area (Å²) in [4.78, 5) is 41.7. The molecule has 0 radical (unpaired) electrons. The van der Waals surface area contributed by atoms with Crippen molar-refractivity contribution in [1.82, 2.24) is 25.7 Å². The fraction of sp³-hybridized carbons (Fsp3) is 0.542. The number of benzene rings is 1. The number of hydrogen-bond acceptors (Lipinski definition) is 10. The minimum absolute atomic E-state index is 0.0809. The fourth-order valence-corrected chi connectivity index (χ4v) is 3.57. The Balaban J connectivity index is 0.000000673. The van der Waals surface area contributed by atoms with E-state index < -0.39 is 12.1 Å². The molecule has 0 unspecified atom stereocenters. The number of carbonyl (C=O) groups excluding carboxylic acids is 1. The molecule has 2 aromatic rings. The van der Waals surface area contributed by atoms with Gasteiger partial charge in [-0.15, -0.1) is 0 Å². The molecule has 1 aromatic carbocycles. The number of hydroxylamine groups is 1. The van der Waals surface area contributed by atoms with Gasteiger partial charge in [0, 0.05) is 37.4 Å². The van der Waals surface area contributed by atoms with Gasteiger partial charge in [0.2, 0.25) is 17.8 Å². The molecule has 5 N–H and O–H groups in total. The summed E-state index contributed by atoms with van der Waals surface area (Å²) < 4.78 is 31.7. The molecule has 0 spiro atoms. The van der Waals surface area contributed by atoms with E-state index in [4.69, 9.17) is 14.7 Å². The molecule has 1 saturated heterocycles. The van der Waals surface area contributed by atoms with E-state index in [2.05, 4.69) is 57.2 Å². The van der Waals surface area contributed by atoms with Crippen LogP contribution in [0, 0.1) is 12.3 Å². The highest BCUT2D eigenvalue weighted by Crippen LogP contribution is 2.24. The van der Waals surface area contributed by atoms with Gasteiger partial charge in [-0.2, -0.15) is 28.1 Å². The smallest absolute Gasteiger partial charge is 0.475 e. The van der Waals surface area contributed by atoms with Gasteiger partial charge in [-0.05, 0) is 43.0 Å². The summed E-state index contributed by atoms with van der Waals surface area (Å²) in [6.45, 7) is 11.1. The second-order valence-electron chi connectivity index (χ2n) is 10.1. The van der Waals surface area contributed by atoms with Crippen molar-refractivity contribution < 1.29 is 32.7 Å². The third-order valence-electron chi connectivity index (χ3n) is 5.25. The molecule has 1 aromatic heterocycles. The number of halogens is 3. The zero-order valence-electron chi connectivity index (χ0n) is 22.7. The Morgan fingerprint density at radius 2 is 1.82 bits per heavy atom. The maximum Gasteiger partial charge on any atom is 0.490 e. The maximum absolute atomic E-state index is 12.2. The molecule has 12 nitrogen and oxygen atoms in total. The molecule has 1 aliphatic rings. The normalized spacial score (nSPS) is 15.2. The zero-order chi connectivity index (χ0) is 29.4. The van der Waals surface area contributed by atoms with Gasteiger partial charge >= 0.3 is 12.1 Å². The number of aliphatic carboxylic acids is 1. The molecule has 0 saturated carbocycles. The summed E-state index contributed by atoms with van der Waals surface area (Å²) in [6.07, 6.45) is -4.07. The van der Waals surface area contributed by atoms with Gasteiger partial charge in [-0.3, -0.25) is 9.63 Å². The third-order valence-corrected chi connectivity index (χ3v) is 5.25. The number of nitrogens with one attached hydrogen (secondary N) is 4. The summed E-state index contributed by atoms with van der Waals surface area (Å²) in [5.41, 5.74) is 4.58. The Kier molecular flexibility index (Phi) is 10.8. The first-order valence-electron chi connectivity index (χ1n) is 12.0. The molecule has 1 fully saturated rings. The van der Waals surface area contributed by atoms with Gasteiger partial charge in [0.15, 0.2) is 0 Å². The van der Waals surface area contributed by atoms with E-state index >= 15 is 0 Å². The lowest BCUT2D eigenvalue weighted by Crippen LogP contribution is -2.31. The number of aromatic nitrogens is 3. The summed E-state index contributed by atoms with van der Waals surface area (Å²) in [7, 11) is 3.38. The lowest BCUT2D eigenvalue weighted by molar-refractivity contribution is -0.192. The van der Waals surface area contributed by atoms with Crippen LogP contribution in [-0.2, 0) is 9.63 Å². The number of amides is 1. The predicted octanol–water partition coefficient (Wildman–Crippen LogP) is 3.10. The molecule has 3 rings (SSSR count). The molecular weight excluding hydrogens is 521 g/mol. The lowest BCUT2D eigenvalue weighted by atomic mass is 9.96. The number of carboxylic acid groups (broad SMARTS) is 1. The van der Waals surface area contributed by atoms with Gasteiger partial charge in [0.1, 0.15) is 0 Å². The van der Waals surface area contributed by atoms with Crippen molar-refractivity contribution in [3.63, 3.8) is 0 Å². The first-order chi connectivity index (χ1) is 18.1. The van der Waals surface area contributed by atoms with E-state index in [0.29, 0.717) is 23.4 Å². The molecule has 0 bridgehead atoms. The van der Waals surface area contributed by atoms with Crippen molar-refractivity contribution in [2.24, 2.45) is 5.41 Å². The van der Waals surface area contributed by atoms with Gasteiger partial charge in [-0.1, -0.05) is 26.8 Å². The van der Waals surface area contributed by atoms with E-state index in [-0.39, 0.29) is 17.4 Å². The standard InChI is InChI=1S/C22H34N8O2.C2HF3O2/c1-14-7-8-15(18(31)29-32-6)11-17(14)25-20-26-19(24-16-9-10-23-12-16)27-21(28-20)30(5)13-22(2,3)4;3-2(4,5)1(6)7/h7-8,11,16,23H,9-10,12-13H2,1-6H3,(H,29,31)(H2,24,25,26,27,28);(H,6,7)/t16-;/m1./s1. The minimum atomic E-state index is -5.08. The van der Waals surface area contributed by atoms with Crippen molar-refractivity contribution in [3.05, 3.63) is 29.3 Å². The Bertz CT molecular complexity index is 1140. The van der Waals surface area contributed by atoms with Crippen LogP contribution in [0.4, 0.5) is 36.7 Å². The SMILES string of the molecule is CONC(=O)c1ccc(C)c(Nc2nc(N[C@@H]3CCNC3)nc(N(C)CC(C)(C)C)n2)c1.O=C(O)C(F)(F)F. The van der Waals surface area contributed by atoms with Gasteiger partial charge in [-0.25, -0.2) is 10.3 Å². The van der Waals surface area contributed by atoms with Gasteiger partial charge < -0.3 is 26.0 Å². The molecule has 15 heteroatoms. The van der Waals surface area contributed by atoms with E-state index in [1.54, 1.807) is 12.1 Å². The first kappa shape index (κ1) is 31.5. The van der Waals surface area contributed by atoms with Crippen LogP contribution >= 0.6 is 0 Å². The molecule has 2 heterocycles. The van der Waals surface area contributed by atoms with Gasteiger partial charge in [0.25, 0.3) is 5.91 Å². The number of alkyl halides is 3. The molecule has 216 valence electrons. The summed E-state index contributed by atoms with van der Waals surface area (Å²) in [5, 5.41) is 17.1. The van der Waals surface area contributed by atoms with E-state index in [9.17, 15) is 18.0 Å². The molecule has 1 aliphatic heterocycles.